The number of ether oxygens (including phenoxy) is 1. The first-order valence-electron chi connectivity index (χ1n) is 3.19. The van der Waals surface area contributed by atoms with E-state index < -0.39 is 6.03 Å². The number of esters is 1. The Bertz CT molecular complexity index is 158. The fraction of sp³-hybridized carbons (Fsp3) is 0.667. The van der Waals surface area contributed by atoms with Crippen molar-refractivity contribution < 1.29 is 14.3 Å². The average Bonchev–Trinajstić information content (AvgIpc) is 1.98. The van der Waals surface area contributed by atoms with Crippen LogP contribution in [0.25, 0.3) is 0 Å². The summed E-state index contributed by atoms with van der Waals surface area (Å²) in [5.41, 5.74) is 4.78. The van der Waals surface area contributed by atoms with Gasteiger partial charge in [0.25, 0.3) is 0 Å². The lowest BCUT2D eigenvalue weighted by molar-refractivity contribution is -0.144. The molecule has 5 nitrogen and oxygen atoms in total. The van der Waals surface area contributed by atoms with Crippen LogP contribution in [0.3, 0.4) is 0 Å². The first-order chi connectivity index (χ1) is 5.07. The quantitative estimate of drug-likeness (QED) is 0.544. The highest BCUT2D eigenvalue weighted by Gasteiger charge is 2.12. The second-order valence-electron chi connectivity index (χ2n) is 2.17. The maximum atomic E-state index is 10.7. The first-order valence-corrected chi connectivity index (χ1v) is 3.19. The van der Waals surface area contributed by atoms with Crippen LogP contribution in [0.2, 0.25) is 0 Å². The van der Waals surface area contributed by atoms with Crippen LogP contribution in [-0.2, 0) is 9.53 Å². The van der Waals surface area contributed by atoms with Crippen molar-refractivity contribution in [2.75, 3.05) is 13.7 Å². The van der Waals surface area contributed by atoms with Gasteiger partial charge < -0.3 is 15.8 Å². The molecule has 1 unspecified atom stereocenters. The summed E-state index contributed by atoms with van der Waals surface area (Å²) in [5, 5.41) is 2.30. The smallest absolute Gasteiger partial charge is 0.312 e. The van der Waals surface area contributed by atoms with Crippen LogP contribution in [0.5, 0.6) is 0 Å². The number of methoxy groups -OCH3 is 1. The predicted molar refractivity (Wildman–Crippen MR) is 38.8 cm³/mol. The standard InChI is InChI=1S/C6H12N2O3/c1-4(5(9)11-2)3-8-6(7)10/h4H,3H2,1-2H3,(H3,7,8,10). The third kappa shape index (κ3) is 4.19. The molecule has 0 spiro atoms. The summed E-state index contributed by atoms with van der Waals surface area (Å²) in [6.45, 7) is 1.85. The van der Waals surface area contributed by atoms with E-state index in [2.05, 4.69) is 10.1 Å². The number of carbonyl (C=O) groups excluding carboxylic acids is 2. The van der Waals surface area contributed by atoms with Gasteiger partial charge in [-0.25, -0.2) is 4.79 Å². The van der Waals surface area contributed by atoms with E-state index >= 15 is 0 Å². The number of primary amides is 1. The lowest BCUT2D eigenvalue weighted by atomic mass is 10.2. The van der Waals surface area contributed by atoms with Gasteiger partial charge in [-0.05, 0) is 0 Å². The van der Waals surface area contributed by atoms with Crippen LogP contribution in [0.1, 0.15) is 6.92 Å². The van der Waals surface area contributed by atoms with Crippen LogP contribution < -0.4 is 11.1 Å². The Kier molecular flexibility index (Phi) is 4.02. The van der Waals surface area contributed by atoms with Crippen molar-refractivity contribution in [3.05, 3.63) is 0 Å². The molecule has 0 aromatic heterocycles. The van der Waals surface area contributed by atoms with E-state index in [1.165, 1.54) is 7.11 Å². The lowest BCUT2D eigenvalue weighted by Gasteiger charge is -2.07. The van der Waals surface area contributed by atoms with E-state index in [0.29, 0.717) is 0 Å². The van der Waals surface area contributed by atoms with Gasteiger partial charge in [-0.3, -0.25) is 4.79 Å². The highest BCUT2D eigenvalue weighted by Crippen LogP contribution is 1.94. The number of nitrogens with two attached hydrogens (primary N) is 1. The second-order valence-corrected chi connectivity index (χ2v) is 2.17. The van der Waals surface area contributed by atoms with Crippen molar-refractivity contribution in [3.63, 3.8) is 0 Å². The van der Waals surface area contributed by atoms with Gasteiger partial charge in [0.2, 0.25) is 0 Å². The van der Waals surface area contributed by atoms with Gasteiger partial charge >= 0.3 is 12.0 Å². The molecule has 0 saturated carbocycles. The minimum Gasteiger partial charge on any atom is -0.469 e. The predicted octanol–water partition coefficient (Wildman–Crippen LogP) is -0.536. The van der Waals surface area contributed by atoms with Gasteiger partial charge in [0.1, 0.15) is 0 Å². The molecule has 0 aliphatic heterocycles. The van der Waals surface area contributed by atoms with E-state index in [-0.39, 0.29) is 18.4 Å². The summed E-state index contributed by atoms with van der Waals surface area (Å²) in [7, 11) is 1.29. The normalized spacial score (nSPS) is 11.8. The molecule has 0 aromatic carbocycles. The molecule has 0 heterocycles. The lowest BCUT2D eigenvalue weighted by Crippen LogP contribution is -2.35. The van der Waals surface area contributed by atoms with E-state index in [9.17, 15) is 9.59 Å². The Morgan fingerprint density at radius 2 is 2.18 bits per heavy atom. The second kappa shape index (κ2) is 4.54. The Morgan fingerprint density at radius 3 is 2.55 bits per heavy atom. The molecular weight excluding hydrogens is 148 g/mol. The molecule has 3 N–H and O–H groups in total. The number of rotatable bonds is 3. The van der Waals surface area contributed by atoms with Crippen LogP contribution >= 0.6 is 0 Å². The maximum absolute atomic E-state index is 10.7. The van der Waals surface area contributed by atoms with Crippen molar-refractivity contribution in [2.24, 2.45) is 11.7 Å². The molecule has 11 heavy (non-hydrogen) atoms. The molecule has 0 aliphatic carbocycles. The van der Waals surface area contributed by atoms with Crippen LogP contribution in [0, 0.1) is 5.92 Å². The molecule has 0 bridgehead atoms. The molecule has 0 aromatic rings. The summed E-state index contributed by atoms with van der Waals surface area (Å²) in [5.74, 6) is -0.716. The van der Waals surface area contributed by atoms with E-state index in [1.54, 1.807) is 6.92 Å². The zero-order chi connectivity index (χ0) is 8.85. The van der Waals surface area contributed by atoms with E-state index in [0.717, 1.165) is 0 Å². The van der Waals surface area contributed by atoms with Crippen LogP contribution in [-0.4, -0.2) is 25.7 Å². The topological polar surface area (TPSA) is 81.4 Å². The average molecular weight is 160 g/mol. The molecule has 0 saturated heterocycles. The van der Waals surface area contributed by atoms with Gasteiger partial charge in [-0.2, -0.15) is 0 Å². The van der Waals surface area contributed by atoms with Gasteiger partial charge in [-0.15, -0.1) is 0 Å². The van der Waals surface area contributed by atoms with Crippen molar-refractivity contribution in [3.8, 4) is 0 Å². The van der Waals surface area contributed by atoms with Gasteiger partial charge in [0, 0.05) is 6.54 Å². The maximum Gasteiger partial charge on any atom is 0.312 e. The minimum absolute atomic E-state index is 0.210. The zero-order valence-electron chi connectivity index (χ0n) is 6.59. The largest absolute Gasteiger partial charge is 0.469 e. The molecule has 0 rings (SSSR count). The molecule has 64 valence electrons. The number of hydrogen-bond donors (Lipinski definition) is 2. The van der Waals surface area contributed by atoms with Crippen molar-refractivity contribution in [1.82, 2.24) is 5.32 Å². The number of nitrogens with one attached hydrogen (secondary N) is 1. The molecular formula is C6H12N2O3. The summed E-state index contributed by atoms with van der Waals surface area (Å²) >= 11 is 0. The Labute approximate surface area is 64.9 Å². The molecule has 5 heteroatoms. The molecule has 1 atom stereocenters. The van der Waals surface area contributed by atoms with Crippen molar-refractivity contribution in [1.29, 1.82) is 0 Å². The first kappa shape index (κ1) is 9.74. The fourth-order valence-electron chi connectivity index (χ4n) is 0.538. The molecule has 0 aliphatic rings. The summed E-state index contributed by atoms with van der Waals surface area (Å²) in [6, 6.07) is -0.638. The Balaban J connectivity index is 3.60. The fourth-order valence-corrected chi connectivity index (χ4v) is 0.538. The third-order valence-corrected chi connectivity index (χ3v) is 1.19. The van der Waals surface area contributed by atoms with Crippen LogP contribution in [0.15, 0.2) is 0 Å². The van der Waals surface area contributed by atoms with Gasteiger partial charge in [-0.1, -0.05) is 6.92 Å². The highest BCUT2D eigenvalue weighted by atomic mass is 16.5. The van der Waals surface area contributed by atoms with Gasteiger partial charge in [0.15, 0.2) is 0 Å². The van der Waals surface area contributed by atoms with Crippen molar-refractivity contribution >= 4 is 12.0 Å². The number of urea groups is 1. The number of carbonyl (C=O) groups is 2. The third-order valence-electron chi connectivity index (χ3n) is 1.19. The summed E-state index contributed by atoms with van der Waals surface area (Å²) < 4.78 is 4.41. The zero-order valence-corrected chi connectivity index (χ0v) is 6.59. The van der Waals surface area contributed by atoms with E-state index in [4.69, 9.17) is 5.73 Å². The summed E-state index contributed by atoms with van der Waals surface area (Å²) in [6.07, 6.45) is 0. The number of amides is 2. The molecule has 0 radical (unpaired) electrons. The van der Waals surface area contributed by atoms with E-state index in [1.807, 2.05) is 0 Å². The Hall–Kier alpha value is -1.26. The van der Waals surface area contributed by atoms with Crippen LogP contribution in [0.4, 0.5) is 4.79 Å². The minimum atomic E-state index is -0.638. The molecule has 2 amide bonds. The Morgan fingerprint density at radius 1 is 1.64 bits per heavy atom. The number of hydrogen-bond acceptors (Lipinski definition) is 3. The van der Waals surface area contributed by atoms with Gasteiger partial charge in [0.05, 0.1) is 13.0 Å². The highest BCUT2D eigenvalue weighted by molar-refractivity contribution is 5.75. The van der Waals surface area contributed by atoms with Crippen molar-refractivity contribution in [2.45, 2.75) is 6.92 Å². The summed E-state index contributed by atoms with van der Waals surface area (Å²) in [4.78, 5) is 20.9. The SMILES string of the molecule is COC(=O)C(C)CNC(N)=O. The monoisotopic (exact) mass is 160 g/mol. The molecule has 0 fully saturated rings.